The molecule has 0 radical (unpaired) electrons. The summed E-state index contributed by atoms with van der Waals surface area (Å²) in [4.78, 5) is 37.7. The van der Waals surface area contributed by atoms with Crippen molar-refractivity contribution in [3.05, 3.63) is 69.8 Å². The summed E-state index contributed by atoms with van der Waals surface area (Å²) in [6.07, 6.45) is 0.289. The van der Waals surface area contributed by atoms with E-state index in [0.717, 1.165) is 12.5 Å². The number of Topliss-reactive ketones (excluding diaryl/α,β-unsaturated/α-hetero) is 1. The topological polar surface area (TPSA) is 101 Å². The summed E-state index contributed by atoms with van der Waals surface area (Å²) in [6, 6.07) is 12.2. The number of fused-ring (bicyclic) bond motifs is 1. The smallest absolute Gasteiger partial charge is 0.270 e. The number of anilines is 1. The van der Waals surface area contributed by atoms with Crippen molar-refractivity contribution in [1.82, 2.24) is 0 Å². The van der Waals surface area contributed by atoms with Gasteiger partial charge < -0.3 is 10.0 Å². The molecule has 0 saturated heterocycles. The van der Waals surface area contributed by atoms with E-state index in [2.05, 4.69) is 0 Å². The molecule has 1 aliphatic heterocycles. The SMILES string of the molecule is CC(C)CCN1C(=O)C(O)(CC(=O)c2cccc([N+](=O)[O-])c2)c2ccccc21. The Balaban J connectivity index is 1.92. The van der Waals surface area contributed by atoms with E-state index >= 15 is 0 Å². The van der Waals surface area contributed by atoms with Gasteiger partial charge in [-0.2, -0.15) is 0 Å². The summed E-state index contributed by atoms with van der Waals surface area (Å²) in [5, 5.41) is 22.2. The molecule has 1 unspecified atom stereocenters. The van der Waals surface area contributed by atoms with Gasteiger partial charge in [-0.3, -0.25) is 19.7 Å². The second-order valence-electron chi connectivity index (χ2n) is 7.42. The maximum atomic E-state index is 13.1. The Morgan fingerprint density at radius 2 is 1.93 bits per heavy atom. The van der Waals surface area contributed by atoms with E-state index in [1.54, 1.807) is 24.3 Å². The fourth-order valence-electron chi connectivity index (χ4n) is 3.41. The number of aliphatic hydroxyl groups is 1. The first-order chi connectivity index (χ1) is 13.2. The molecule has 1 aliphatic rings. The van der Waals surface area contributed by atoms with Gasteiger partial charge in [0.05, 0.1) is 17.0 Å². The average molecular weight is 382 g/mol. The van der Waals surface area contributed by atoms with E-state index in [4.69, 9.17) is 0 Å². The highest BCUT2D eigenvalue weighted by Crippen LogP contribution is 2.43. The monoisotopic (exact) mass is 382 g/mol. The number of ketones is 1. The number of hydrogen-bond acceptors (Lipinski definition) is 5. The highest BCUT2D eigenvalue weighted by atomic mass is 16.6. The van der Waals surface area contributed by atoms with Crippen molar-refractivity contribution in [3.8, 4) is 0 Å². The van der Waals surface area contributed by atoms with Crippen LogP contribution >= 0.6 is 0 Å². The van der Waals surface area contributed by atoms with Crippen molar-refractivity contribution in [1.29, 1.82) is 0 Å². The lowest BCUT2D eigenvalue weighted by Crippen LogP contribution is -2.42. The van der Waals surface area contributed by atoms with Gasteiger partial charge in [-0.25, -0.2) is 0 Å². The predicted octanol–water partition coefficient (Wildman–Crippen LogP) is 3.45. The molecular weight excluding hydrogens is 360 g/mol. The van der Waals surface area contributed by atoms with E-state index in [9.17, 15) is 24.8 Å². The van der Waals surface area contributed by atoms with Crippen LogP contribution in [-0.4, -0.2) is 28.3 Å². The summed E-state index contributed by atoms with van der Waals surface area (Å²) in [6.45, 7) is 4.54. The first-order valence-corrected chi connectivity index (χ1v) is 9.15. The lowest BCUT2D eigenvalue weighted by Gasteiger charge is -2.23. The van der Waals surface area contributed by atoms with Crippen LogP contribution in [0, 0.1) is 16.0 Å². The van der Waals surface area contributed by atoms with Crippen molar-refractivity contribution in [2.24, 2.45) is 5.92 Å². The van der Waals surface area contributed by atoms with Crippen molar-refractivity contribution in [2.75, 3.05) is 11.4 Å². The number of carbonyl (C=O) groups excluding carboxylic acids is 2. The number of rotatable bonds is 7. The number of amides is 1. The third kappa shape index (κ3) is 3.53. The van der Waals surface area contributed by atoms with E-state index in [1.807, 2.05) is 13.8 Å². The van der Waals surface area contributed by atoms with Gasteiger partial charge in [-0.05, 0) is 18.4 Å². The number of benzene rings is 2. The summed E-state index contributed by atoms with van der Waals surface area (Å²) >= 11 is 0. The summed E-state index contributed by atoms with van der Waals surface area (Å²) < 4.78 is 0. The maximum Gasteiger partial charge on any atom is 0.270 e. The molecule has 1 atom stereocenters. The molecule has 28 heavy (non-hydrogen) atoms. The standard InChI is InChI=1S/C21H22N2O5/c1-14(2)10-11-22-18-9-4-3-8-17(18)21(26,20(22)25)13-19(24)15-6-5-7-16(12-15)23(27)28/h3-9,12,14,26H,10-11,13H2,1-2H3. The third-order valence-corrected chi connectivity index (χ3v) is 4.96. The van der Waals surface area contributed by atoms with Gasteiger partial charge in [0.1, 0.15) is 0 Å². The molecule has 7 heteroatoms. The maximum absolute atomic E-state index is 13.1. The quantitative estimate of drug-likeness (QED) is 0.449. The van der Waals surface area contributed by atoms with E-state index < -0.39 is 28.6 Å². The highest BCUT2D eigenvalue weighted by molar-refractivity contribution is 6.10. The number of hydrogen-bond donors (Lipinski definition) is 1. The van der Waals surface area contributed by atoms with Gasteiger partial charge in [0, 0.05) is 29.8 Å². The lowest BCUT2D eigenvalue weighted by atomic mass is 9.88. The fourth-order valence-corrected chi connectivity index (χ4v) is 3.41. The van der Waals surface area contributed by atoms with Crippen LogP contribution in [0.1, 0.15) is 42.6 Å². The molecular formula is C21H22N2O5. The van der Waals surface area contributed by atoms with Gasteiger partial charge >= 0.3 is 0 Å². The zero-order valence-corrected chi connectivity index (χ0v) is 15.8. The average Bonchev–Trinajstić information content (AvgIpc) is 2.87. The molecule has 1 amide bonds. The molecule has 0 aromatic heterocycles. The second-order valence-corrected chi connectivity index (χ2v) is 7.42. The molecule has 0 bridgehead atoms. The summed E-state index contributed by atoms with van der Waals surface area (Å²) in [5.41, 5.74) is -1.11. The number of nitro groups is 1. The number of para-hydroxylation sites is 1. The predicted molar refractivity (Wildman–Crippen MR) is 104 cm³/mol. The molecule has 3 rings (SSSR count). The van der Waals surface area contributed by atoms with Crippen LogP contribution in [0.25, 0.3) is 0 Å². The highest BCUT2D eigenvalue weighted by Gasteiger charge is 2.50. The van der Waals surface area contributed by atoms with Gasteiger partial charge in [-0.1, -0.05) is 44.2 Å². The normalized spacial score (nSPS) is 18.4. The molecule has 1 heterocycles. The Kier molecular flexibility index (Phi) is 5.29. The minimum Gasteiger partial charge on any atom is -0.375 e. The first kappa shape index (κ1) is 19.7. The van der Waals surface area contributed by atoms with Crippen molar-refractivity contribution < 1.29 is 19.6 Å². The molecule has 0 spiro atoms. The summed E-state index contributed by atoms with van der Waals surface area (Å²) in [5.74, 6) is -0.687. The van der Waals surface area contributed by atoms with Gasteiger partial charge in [0.2, 0.25) is 0 Å². The van der Waals surface area contributed by atoms with Gasteiger partial charge in [0.25, 0.3) is 11.6 Å². The molecule has 7 nitrogen and oxygen atoms in total. The molecule has 0 saturated carbocycles. The van der Waals surface area contributed by atoms with E-state index in [1.165, 1.54) is 23.1 Å². The molecule has 0 aliphatic carbocycles. The lowest BCUT2D eigenvalue weighted by molar-refractivity contribution is -0.384. The van der Waals surface area contributed by atoms with Crippen molar-refractivity contribution in [2.45, 2.75) is 32.3 Å². The van der Waals surface area contributed by atoms with Crippen molar-refractivity contribution in [3.63, 3.8) is 0 Å². The van der Waals surface area contributed by atoms with Crippen LogP contribution in [0.2, 0.25) is 0 Å². The van der Waals surface area contributed by atoms with Gasteiger partial charge in [-0.15, -0.1) is 0 Å². The minimum absolute atomic E-state index is 0.0912. The second kappa shape index (κ2) is 7.52. The van der Waals surface area contributed by atoms with E-state index in [-0.39, 0.29) is 11.3 Å². The number of carbonyl (C=O) groups is 2. The number of non-ortho nitro benzene ring substituents is 1. The molecule has 146 valence electrons. The third-order valence-electron chi connectivity index (χ3n) is 4.96. The van der Waals surface area contributed by atoms with Crippen LogP contribution < -0.4 is 4.90 Å². The molecule has 1 N–H and O–H groups in total. The van der Waals surface area contributed by atoms with Crippen LogP contribution in [0.5, 0.6) is 0 Å². The number of nitro benzene ring substituents is 1. The van der Waals surface area contributed by atoms with Crippen LogP contribution in [0.3, 0.4) is 0 Å². The fraction of sp³-hybridized carbons (Fsp3) is 0.333. The molecule has 2 aromatic carbocycles. The van der Waals surface area contributed by atoms with Gasteiger partial charge in [0.15, 0.2) is 11.4 Å². The largest absolute Gasteiger partial charge is 0.375 e. The summed E-state index contributed by atoms with van der Waals surface area (Å²) in [7, 11) is 0. The Hall–Kier alpha value is -3.06. The Bertz CT molecular complexity index is 940. The van der Waals surface area contributed by atoms with Crippen LogP contribution in [-0.2, 0) is 10.4 Å². The van der Waals surface area contributed by atoms with E-state index in [0.29, 0.717) is 23.7 Å². The molecule has 2 aromatic rings. The first-order valence-electron chi connectivity index (χ1n) is 9.15. The zero-order chi connectivity index (χ0) is 20.5. The minimum atomic E-state index is -1.98. The number of nitrogens with zero attached hydrogens (tertiary/aromatic N) is 2. The Labute approximate surface area is 162 Å². The Morgan fingerprint density at radius 1 is 1.21 bits per heavy atom. The van der Waals surface area contributed by atoms with Crippen LogP contribution in [0.4, 0.5) is 11.4 Å². The van der Waals surface area contributed by atoms with Crippen molar-refractivity contribution >= 4 is 23.1 Å². The molecule has 0 fully saturated rings. The van der Waals surface area contributed by atoms with Crippen LogP contribution in [0.15, 0.2) is 48.5 Å². The Morgan fingerprint density at radius 3 is 2.61 bits per heavy atom. The zero-order valence-electron chi connectivity index (χ0n) is 15.8.